The van der Waals surface area contributed by atoms with E-state index in [9.17, 15) is 13.6 Å². The van der Waals surface area contributed by atoms with E-state index in [1.54, 1.807) is 0 Å². The van der Waals surface area contributed by atoms with Crippen LogP contribution in [0.1, 0.15) is 23.2 Å². The van der Waals surface area contributed by atoms with Gasteiger partial charge in [0.2, 0.25) is 0 Å². The first kappa shape index (κ1) is 13.0. The highest BCUT2D eigenvalue weighted by atomic mass is 79.9. The maximum atomic E-state index is 12.6. The van der Waals surface area contributed by atoms with Crippen molar-refractivity contribution in [3.05, 3.63) is 27.5 Å². The highest BCUT2D eigenvalue weighted by molar-refractivity contribution is 9.10. The third kappa shape index (κ3) is 2.96. The van der Waals surface area contributed by atoms with Gasteiger partial charge in [-0.15, -0.1) is 0 Å². The zero-order valence-electron chi connectivity index (χ0n) is 8.08. The number of nitrogens with two attached hydrogens (primary N) is 1. The average Bonchev–Trinajstić information content (AvgIpc) is 2.19. The van der Waals surface area contributed by atoms with E-state index in [-0.39, 0.29) is 16.7 Å². The van der Waals surface area contributed by atoms with Gasteiger partial charge in [-0.1, -0.05) is 0 Å². The van der Waals surface area contributed by atoms with Gasteiger partial charge in [-0.05, 0) is 33.1 Å². The summed E-state index contributed by atoms with van der Waals surface area (Å²) >= 11 is 3.00. The van der Waals surface area contributed by atoms with Gasteiger partial charge in [0, 0.05) is 6.54 Å². The third-order valence-corrected chi connectivity index (χ3v) is 2.62. The lowest BCUT2D eigenvalue weighted by molar-refractivity contribution is -0.136. The Bertz CT molecular complexity index is 413. The van der Waals surface area contributed by atoms with Crippen molar-refractivity contribution in [3.8, 4) is 0 Å². The molecule has 1 rings (SSSR count). The van der Waals surface area contributed by atoms with Crippen LogP contribution in [0.4, 0.5) is 8.78 Å². The second-order valence-corrected chi connectivity index (χ2v) is 3.81. The Balaban J connectivity index is 3.24. The normalized spacial score (nSPS) is 10.8. The topological polar surface area (TPSA) is 76.2 Å². The molecule has 0 spiro atoms. The Hall–Kier alpha value is -1.08. The van der Waals surface area contributed by atoms with Crippen molar-refractivity contribution in [2.75, 3.05) is 0 Å². The number of aliphatic carboxylic acids is 1. The Morgan fingerprint density at radius 1 is 1.56 bits per heavy atom. The largest absolute Gasteiger partial charge is 0.481 e. The molecule has 88 valence electrons. The fourth-order valence-corrected chi connectivity index (χ4v) is 1.70. The number of hydrogen-bond acceptors (Lipinski definition) is 3. The lowest BCUT2D eigenvalue weighted by Gasteiger charge is -2.09. The number of nitrogens with zero attached hydrogens (tertiary/aromatic N) is 1. The third-order valence-electron chi connectivity index (χ3n) is 1.93. The van der Waals surface area contributed by atoms with Crippen LogP contribution in [0.15, 0.2) is 10.7 Å². The molecule has 16 heavy (non-hydrogen) atoms. The van der Waals surface area contributed by atoms with Gasteiger partial charge in [0.1, 0.15) is 10.3 Å². The van der Waals surface area contributed by atoms with Gasteiger partial charge < -0.3 is 10.8 Å². The highest BCUT2D eigenvalue weighted by Gasteiger charge is 2.19. The molecule has 0 bridgehead atoms. The predicted molar refractivity (Wildman–Crippen MR) is 56.1 cm³/mol. The molecule has 4 nitrogen and oxygen atoms in total. The summed E-state index contributed by atoms with van der Waals surface area (Å²) in [6.07, 6.45) is -3.30. The van der Waals surface area contributed by atoms with E-state index in [4.69, 9.17) is 10.8 Å². The van der Waals surface area contributed by atoms with Gasteiger partial charge in [-0.3, -0.25) is 4.79 Å². The van der Waals surface area contributed by atoms with Gasteiger partial charge in [0.05, 0.1) is 6.42 Å². The SMILES string of the molecule is NCc1cc(CC(=O)O)c(C(F)F)nc1Br. The van der Waals surface area contributed by atoms with Crippen LogP contribution in [-0.4, -0.2) is 16.1 Å². The van der Waals surface area contributed by atoms with E-state index in [0.717, 1.165) is 0 Å². The zero-order chi connectivity index (χ0) is 12.3. The van der Waals surface area contributed by atoms with Crippen LogP contribution < -0.4 is 5.73 Å². The quantitative estimate of drug-likeness (QED) is 0.831. The maximum absolute atomic E-state index is 12.6. The van der Waals surface area contributed by atoms with Crippen LogP contribution in [0.5, 0.6) is 0 Å². The number of pyridine rings is 1. The smallest absolute Gasteiger partial charge is 0.307 e. The fraction of sp³-hybridized carbons (Fsp3) is 0.333. The minimum absolute atomic E-state index is 0.00819. The molecular formula is C9H9BrF2N2O2. The number of carboxylic acids is 1. The molecule has 1 heterocycles. The van der Waals surface area contributed by atoms with Crippen molar-refractivity contribution in [1.29, 1.82) is 0 Å². The Morgan fingerprint density at radius 2 is 2.19 bits per heavy atom. The molecule has 0 aliphatic heterocycles. The van der Waals surface area contributed by atoms with Gasteiger partial charge in [-0.25, -0.2) is 13.8 Å². The summed E-state index contributed by atoms with van der Waals surface area (Å²) in [6.45, 7) is 0.101. The van der Waals surface area contributed by atoms with E-state index in [1.165, 1.54) is 6.07 Å². The van der Waals surface area contributed by atoms with Crippen LogP contribution >= 0.6 is 15.9 Å². The standard InChI is InChI=1S/C9H9BrF2N2O2/c10-8-5(3-13)1-4(2-6(15)16)7(14-8)9(11)12/h1,9H,2-3,13H2,(H,15,16). The number of rotatable bonds is 4. The second-order valence-electron chi connectivity index (χ2n) is 3.06. The molecule has 0 atom stereocenters. The second kappa shape index (κ2) is 5.31. The molecule has 1 aromatic heterocycles. The minimum atomic E-state index is -2.81. The number of carboxylic acid groups (broad SMARTS) is 1. The molecule has 0 fully saturated rings. The van der Waals surface area contributed by atoms with E-state index in [0.29, 0.717) is 5.56 Å². The van der Waals surface area contributed by atoms with Gasteiger partial charge in [0.15, 0.2) is 0 Å². The molecule has 0 aliphatic carbocycles. The van der Waals surface area contributed by atoms with Gasteiger partial charge in [0.25, 0.3) is 6.43 Å². The Kier molecular flexibility index (Phi) is 4.31. The summed E-state index contributed by atoms with van der Waals surface area (Å²) in [7, 11) is 0. The highest BCUT2D eigenvalue weighted by Crippen LogP contribution is 2.26. The van der Waals surface area contributed by atoms with Crippen molar-refractivity contribution in [2.24, 2.45) is 5.73 Å². The summed E-state index contributed by atoms with van der Waals surface area (Å²) in [4.78, 5) is 14.1. The molecule has 0 aliphatic rings. The maximum Gasteiger partial charge on any atom is 0.307 e. The molecule has 0 saturated carbocycles. The number of aromatic nitrogens is 1. The fourth-order valence-electron chi connectivity index (χ4n) is 1.23. The molecule has 0 aromatic carbocycles. The summed E-state index contributed by atoms with van der Waals surface area (Å²) in [5.41, 5.74) is 5.34. The summed E-state index contributed by atoms with van der Waals surface area (Å²) in [6, 6.07) is 1.34. The van der Waals surface area contributed by atoms with Crippen LogP contribution in [-0.2, 0) is 17.8 Å². The first-order chi connectivity index (χ1) is 7.45. The van der Waals surface area contributed by atoms with Crippen LogP contribution in [0.2, 0.25) is 0 Å². The molecular weight excluding hydrogens is 286 g/mol. The lowest BCUT2D eigenvalue weighted by Crippen LogP contribution is -2.09. The van der Waals surface area contributed by atoms with Gasteiger partial charge >= 0.3 is 5.97 Å². The molecule has 3 N–H and O–H groups in total. The number of hydrogen-bond donors (Lipinski definition) is 2. The number of alkyl halides is 2. The van der Waals surface area contributed by atoms with Gasteiger partial charge in [-0.2, -0.15) is 0 Å². The van der Waals surface area contributed by atoms with Crippen LogP contribution in [0.3, 0.4) is 0 Å². The van der Waals surface area contributed by atoms with Crippen LogP contribution in [0, 0.1) is 0 Å². The number of halogens is 3. The minimum Gasteiger partial charge on any atom is -0.481 e. The summed E-state index contributed by atoms with van der Waals surface area (Å²) in [5.74, 6) is -1.19. The van der Waals surface area contributed by atoms with Crippen molar-refractivity contribution in [2.45, 2.75) is 19.4 Å². The zero-order valence-corrected chi connectivity index (χ0v) is 9.67. The predicted octanol–water partition coefficient (Wildman–Crippen LogP) is 1.87. The van der Waals surface area contributed by atoms with Crippen molar-refractivity contribution in [1.82, 2.24) is 4.98 Å². The van der Waals surface area contributed by atoms with Crippen LogP contribution in [0.25, 0.3) is 0 Å². The molecule has 1 aromatic rings. The summed E-state index contributed by atoms with van der Waals surface area (Å²) in [5, 5.41) is 8.59. The van der Waals surface area contributed by atoms with E-state index in [2.05, 4.69) is 20.9 Å². The van der Waals surface area contributed by atoms with Crippen molar-refractivity contribution in [3.63, 3.8) is 0 Å². The summed E-state index contributed by atoms with van der Waals surface area (Å²) < 4.78 is 25.4. The molecule has 0 radical (unpaired) electrons. The Morgan fingerprint density at radius 3 is 2.62 bits per heavy atom. The van der Waals surface area contributed by atoms with Crippen molar-refractivity contribution >= 4 is 21.9 Å². The molecule has 0 saturated heterocycles. The van der Waals surface area contributed by atoms with Crippen molar-refractivity contribution < 1.29 is 18.7 Å². The number of carbonyl (C=O) groups is 1. The monoisotopic (exact) mass is 294 g/mol. The van der Waals surface area contributed by atoms with E-state index < -0.39 is 24.5 Å². The molecule has 0 unspecified atom stereocenters. The van der Waals surface area contributed by atoms with E-state index in [1.807, 2.05) is 0 Å². The molecule has 0 amide bonds. The first-order valence-corrected chi connectivity index (χ1v) is 5.13. The average molecular weight is 295 g/mol. The first-order valence-electron chi connectivity index (χ1n) is 4.34. The Labute approximate surface area is 98.6 Å². The lowest BCUT2D eigenvalue weighted by atomic mass is 10.1. The van der Waals surface area contributed by atoms with E-state index >= 15 is 0 Å². The molecule has 7 heteroatoms.